The smallest absolute Gasteiger partial charge is 0.211 e. The van der Waals surface area contributed by atoms with Gasteiger partial charge in [-0.15, -0.1) is 11.3 Å². The Balaban J connectivity index is 1.59. The van der Waals surface area contributed by atoms with E-state index in [1.165, 1.54) is 12.8 Å². The molecule has 0 unspecified atom stereocenters. The monoisotopic (exact) mass is 303 g/mol. The number of aromatic nitrogens is 1. The molecule has 0 radical (unpaired) electrons. The molecule has 0 atom stereocenters. The average molecular weight is 303 g/mol. The summed E-state index contributed by atoms with van der Waals surface area (Å²) in [7, 11) is -3.14. The molecular weight excluding hydrogens is 282 g/mol. The van der Waals surface area contributed by atoms with Crippen LogP contribution in [0.25, 0.3) is 0 Å². The fourth-order valence-electron chi connectivity index (χ4n) is 1.76. The van der Waals surface area contributed by atoms with Gasteiger partial charge in [-0.05, 0) is 32.7 Å². The van der Waals surface area contributed by atoms with E-state index in [0.717, 1.165) is 17.2 Å². The number of thiazole rings is 1. The summed E-state index contributed by atoms with van der Waals surface area (Å²) in [4.78, 5) is 4.31. The van der Waals surface area contributed by atoms with Crippen LogP contribution in [0.2, 0.25) is 0 Å². The average Bonchev–Trinajstić information content (AvgIpc) is 3.08. The van der Waals surface area contributed by atoms with Gasteiger partial charge in [-0.25, -0.2) is 18.1 Å². The van der Waals surface area contributed by atoms with Gasteiger partial charge in [0.2, 0.25) is 10.0 Å². The van der Waals surface area contributed by atoms with Gasteiger partial charge in [0.25, 0.3) is 0 Å². The zero-order valence-corrected chi connectivity index (χ0v) is 12.8. The first-order valence-electron chi connectivity index (χ1n) is 6.67. The minimum atomic E-state index is -3.14. The summed E-state index contributed by atoms with van der Waals surface area (Å²) in [6.07, 6.45) is 3.80. The molecule has 0 aromatic carbocycles. The van der Waals surface area contributed by atoms with Gasteiger partial charge in [0.05, 0.1) is 10.8 Å². The molecule has 1 aromatic rings. The molecule has 1 heterocycles. The van der Waals surface area contributed by atoms with Gasteiger partial charge < -0.3 is 5.32 Å². The Morgan fingerprint density at radius 3 is 2.84 bits per heavy atom. The zero-order valence-electron chi connectivity index (χ0n) is 11.2. The lowest BCUT2D eigenvalue weighted by Crippen LogP contribution is -2.30. The van der Waals surface area contributed by atoms with Crippen LogP contribution < -0.4 is 10.0 Å². The summed E-state index contributed by atoms with van der Waals surface area (Å²) in [5.41, 5.74) is 0.994. The highest BCUT2D eigenvalue weighted by atomic mass is 32.2. The fraction of sp³-hybridized carbons (Fsp3) is 0.750. The molecule has 2 rings (SSSR count). The van der Waals surface area contributed by atoms with E-state index in [-0.39, 0.29) is 5.75 Å². The SMILES string of the molecule is Cc1csc(CCNS(=O)(=O)CCCNC2CC2)n1. The van der Waals surface area contributed by atoms with Crippen molar-refractivity contribution in [3.05, 3.63) is 16.1 Å². The lowest BCUT2D eigenvalue weighted by Gasteiger charge is -2.06. The van der Waals surface area contributed by atoms with Crippen molar-refractivity contribution in [1.29, 1.82) is 0 Å². The van der Waals surface area contributed by atoms with Crippen LogP contribution >= 0.6 is 11.3 Å². The number of hydrogen-bond acceptors (Lipinski definition) is 5. The number of sulfonamides is 1. The molecule has 108 valence electrons. The highest BCUT2D eigenvalue weighted by Gasteiger charge is 2.20. The summed E-state index contributed by atoms with van der Waals surface area (Å²) < 4.78 is 26.1. The highest BCUT2D eigenvalue weighted by molar-refractivity contribution is 7.89. The van der Waals surface area contributed by atoms with Gasteiger partial charge in [-0.1, -0.05) is 0 Å². The zero-order chi connectivity index (χ0) is 13.7. The van der Waals surface area contributed by atoms with Crippen molar-refractivity contribution in [1.82, 2.24) is 15.0 Å². The Morgan fingerprint density at radius 2 is 2.21 bits per heavy atom. The molecule has 0 saturated heterocycles. The molecule has 5 nitrogen and oxygen atoms in total. The quantitative estimate of drug-likeness (QED) is 0.669. The summed E-state index contributed by atoms with van der Waals surface area (Å²) in [6.45, 7) is 3.17. The van der Waals surface area contributed by atoms with E-state index >= 15 is 0 Å². The van der Waals surface area contributed by atoms with Crippen LogP contribution in [0.15, 0.2) is 5.38 Å². The van der Waals surface area contributed by atoms with Crippen molar-refractivity contribution in [3.8, 4) is 0 Å². The van der Waals surface area contributed by atoms with Crippen molar-refractivity contribution in [2.45, 2.75) is 38.6 Å². The lowest BCUT2D eigenvalue weighted by molar-refractivity contribution is 0.574. The standard InChI is InChI=1S/C12H21N3O2S2/c1-10-9-18-12(15-10)5-7-14-19(16,17)8-2-6-13-11-3-4-11/h9,11,13-14H,2-8H2,1H3. The van der Waals surface area contributed by atoms with Gasteiger partial charge in [0.1, 0.15) is 0 Å². The van der Waals surface area contributed by atoms with Gasteiger partial charge in [-0.2, -0.15) is 0 Å². The number of nitrogens with one attached hydrogen (secondary N) is 2. The second-order valence-corrected chi connectivity index (χ2v) is 7.80. The van der Waals surface area contributed by atoms with E-state index in [1.807, 2.05) is 12.3 Å². The summed E-state index contributed by atoms with van der Waals surface area (Å²) in [5, 5.41) is 6.27. The van der Waals surface area contributed by atoms with Crippen molar-refractivity contribution in [2.75, 3.05) is 18.8 Å². The van der Waals surface area contributed by atoms with Crippen LogP contribution in [0.5, 0.6) is 0 Å². The first-order valence-corrected chi connectivity index (χ1v) is 9.20. The Bertz CT molecular complexity index is 495. The normalized spacial score (nSPS) is 15.8. The molecular formula is C12H21N3O2S2. The Morgan fingerprint density at radius 1 is 1.42 bits per heavy atom. The number of nitrogens with zero attached hydrogens (tertiary/aromatic N) is 1. The Kier molecular flexibility index (Phi) is 5.32. The molecule has 0 bridgehead atoms. The predicted molar refractivity (Wildman–Crippen MR) is 78.0 cm³/mol. The first kappa shape index (κ1) is 14.9. The van der Waals surface area contributed by atoms with E-state index < -0.39 is 10.0 Å². The largest absolute Gasteiger partial charge is 0.314 e. The van der Waals surface area contributed by atoms with E-state index in [0.29, 0.717) is 25.4 Å². The molecule has 1 aliphatic rings. The van der Waals surface area contributed by atoms with Crippen molar-refractivity contribution in [2.24, 2.45) is 0 Å². The molecule has 1 aliphatic carbocycles. The molecule has 2 N–H and O–H groups in total. The first-order chi connectivity index (χ1) is 9.05. The third kappa shape index (κ3) is 5.99. The molecule has 7 heteroatoms. The minimum absolute atomic E-state index is 0.198. The van der Waals surface area contributed by atoms with E-state index in [2.05, 4.69) is 15.0 Å². The number of hydrogen-bond donors (Lipinski definition) is 2. The fourth-order valence-corrected chi connectivity index (χ4v) is 3.62. The van der Waals surface area contributed by atoms with Gasteiger partial charge in [0.15, 0.2) is 0 Å². The van der Waals surface area contributed by atoms with Crippen LogP contribution in [-0.2, 0) is 16.4 Å². The predicted octanol–water partition coefficient (Wildman–Crippen LogP) is 1.06. The molecule has 19 heavy (non-hydrogen) atoms. The minimum Gasteiger partial charge on any atom is -0.314 e. The lowest BCUT2D eigenvalue weighted by atomic mass is 10.4. The van der Waals surface area contributed by atoms with E-state index in [9.17, 15) is 8.42 Å². The molecule has 0 aliphatic heterocycles. The van der Waals surface area contributed by atoms with Crippen molar-refractivity contribution in [3.63, 3.8) is 0 Å². The molecule has 1 aromatic heterocycles. The van der Waals surface area contributed by atoms with Gasteiger partial charge >= 0.3 is 0 Å². The van der Waals surface area contributed by atoms with Crippen LogP contribution in [-0.4, -0.2) is 38.3 Å². The Hall–Kier alpha value is -0.500. The molecule has 0 amide bonds. The second-order valence-electron chi connectivity index (χ2n) is 4.93. The third-order valence-corrected chi connectivity index (χ3v) is 5.42. The molecule has 1 saturated carbocycles. The molecule has 1 fully saturated rings. The summed E-state index contributed by atoms with van der Waals surface area (Å²) in [5.74, 6) is 0.198. The van der Waals surface area contributed by atoms with Crippen LogP contribution in [0.3, 0.4) is 0 Å². The van der Waals surface area contributed by atoms with Crippen LogP contribution in [0, 0.1) is 6.92 Å². The maximum atomic E-state index is 11.7. The van der Waals surface area contributed by atoms with Gasteiger partial charge in [-0.3, -0.25) is 0 Å². The summed E-state index contributed by atoms with van der Waals surface area (Å²) in [6, 6.07) is 0.642. The maximum Gasteiger partial charge on any atom is 0.211 e. The maximum absolute atomic E-state index is 11.7. The Labute approximate surface area is 118 Å². The van der Waals surface area contributed by atoms with Gasteiger partial charge in [0, 0.05) is 30.1 Å². The number of rotatable bonds is 9. The summed E-state index contributed by atoms with van der Waals surface area (Å²) >= 11 is 1.58. The van der Waals surface area contributed by atoms with Crippen LogP contribution in [0.4, 0.5) is 0 Å². The van der Waals surface area contributed by atoms with E-state index in [4.69, 9.17) is 0 Å². The van der Waals surface area contributed by atoms with Crippen LogP contribution in [0.1, 0.15) is 30.0 Å². The molecule has 0 spiro atoms. The van der Waals surface area contributed by atoms with Crippen molar-refractivity contribution < 1.29 is 8.42 Å². The third-order valence-electron chi connectivity index (χ3n) is 2.93. The number of aryl methyl sites for hydroxylation is 1. The van der Waals surface area contributed by atoms with E-state index in [1.54, 1.807) is 11.3 Å². The topological polar surface area (TPSA) is 71.1 Å². The second kappa shape index (κ2) is 6.78. The van der Waals surface area contributed by atoms with Crippen molar-refractivity contribution >= 4 is 21.4 Å². The highest BCUT2D eigenvalue weighted by Crippen LogP contribution is 2.18.